The van der Waals surface area contributed by atoms with Gasteiger partial charge in [-0.2, -0.15) is 0 Å². The Balaban J connectivity index is 4.09. The number of nitrogens with zero attached hydrogens (tertiary/aromatic N) is 1. The normalized spacial score (nSPS) is 12.2. The molecule has 0 aromatic heterocycles. The van der Waals surface area contributed by atoms with Crippen molar-refractivity contribution in [3.8, 4) is 0 Å². The molecular formula is C9H18N2O2. The first kappa shape index (κ1) is 12.1. The van der Waals surface area contributed by atoms with Gasteiger partial charge in [0.2, 0.25) is 5.91 Å². The Bertz CT molecular complexity index is 171. The number of carbonyl (C=O) groups is 1. The van der Waals surface area contributed by atoms with Gasteiger partial charge in [-0.25, -0.2) is 0 Å². The van der Waals surface area contributed by atoms with Gasteiger partial charge in [0.25, 0.3) is 0 Å². The molecule has 1 atom stereocenters. The quantitative estimate of drug-likeness (QED) is 0.561. The van der Waals surface area contributed by atoms with Gasteiger partial charge in [0.05, 0.1) is 12.6 Å². The lowest BCUT2D eigenvalue weighted by Crippen LogP contribution is -2.44. The fourth-order valence-corrected chi connectivity index (χ4v) is 1.06. The number of aliphatic hydroxyl groups excluding tert-OH is 1. The topological polar surface area (TPSA) is 66.6 Å². The van der Waals surface area contributed by atoms with Crippen molar-refractivity contribution < 1.29 is 9.90 Å². The van der Waals surface area contributed by atoms with Crippen LogP contribution in [0.3, 0.4) is 0 Å². The van der Waals surface area contributed by atoms with Crippen LogP contribution in [0.2, 0.25) is 0 Å². The summed E-state index contributed by atoms with van der Waals surface area (Å²) in [5.41, 5.74) is 5.59. The van der Waals surface area contributed by atoms with Crippen LogP contribution in [0.4, 0.5) is 0 Å². The molecule has 4 heteroatoms. The molecule has 0 aliphatic carbocycles. The van der Waals surface area contributed by atoms with Crippen LogP contribution in [-0.4, -0.2) is 41.7 Å². The minimum absolute atomic E-state index is 0.0274. The zero-order chi connectivity index (χ0) is 10.3. The first-order chi connectivity index (χ1) is 6.17. The summed E-state index contributed by atoms with van der Waals surface area (Å²) in [4.78, 5) is 13.0. The third-order valence-corrected chi connectivity index (χ3v) is 1.80. The molecule has 0 aliphatic rings. The molecule has 0 aromatic rings. The van der Waals surface area contributed by atoms with E-state index in [-0.39, 0.29) is 12.5 Å². The molecule has 0 radical (unpaired) electrons. The van der Waals surface area contributed by atoms with Gasteiger partial charge in [-0.3, -0.25) is 4.79 Å². The van der Waals surface area contributed by atoms with Crippen molar-refractivity contribution in [3.63, 3.8) is 0 Å². The summed E-state index contributed by atoms with van der Waals surface area (Å²) < 4.78 is 0. The van der Waals surface area contributed by atoms with E-state index < -0.39 is 6.04 Å². The van der Waals surface area contributed by atoms with Crippen molar-refractivity contribution >= 4 is 5.91 Å². The number of aliphatic hydroxyl groups is 1. The minimum Gasteiger partial charge on any atom is -0.395 e. The van der Waals surface area contributed by atoms with Gasteiger partial charge in [-0.1, -0.05) is 6.08 Å². The highest BCUT2D eigenvalue weighted by molar-refractivity contribution is 5.81. The van der Waals surface area contributed by atoms with E-state index in [2.05, 4.69) is 6.58 Å². The molecule has 0 saturated heterocycles. The van der Waals surface area contributed by atoms with Crippen molar-refractivity contribution in [1.82, 2.24) is 4.90 Å². The van der Waals surface area contributed by atoms with Crippen molar-refractivity contribution in [3.05, 3.63) is 12.7 Å². The van der Waals surface area contributed by atoms with Gasteiger partial charge in [0.15, 0.2) is 0 Å². The summed E-state index contributed by atoms with van der Waals surface area (Å²) in [7, 11) is 0. The van der Waals surface area contributed by atoms with Crippen LogP contribution in [0.25, 0.3) is 0 Å². The Morgan fingerprint density at radius 1 is 1.77 bits per heavy atom. The Morgan fingerprint density at radius 2 is 2.38 bits per heavy atom. The average molecular weight is 186 g/mol. The zero-order valence-electron chi connectivity index (χ0n) is 8.07. The highest BCUT2D eigenvalue weighted by Crippen LogP contribution is 1.97. The second kappa shape index (κ2) is 6.62. The molecular weight excluding hydrogens is 168 g/mol. The van der Waals surface area contributed by atoms with Crippen LogP contribution in [0, 0.1) is 0 Å². The van der Waals surface area contributed by atoms with Crippen LogP contribution >= 0.6 is 0 Å². The predicted octanol–water partition coefficient (Wildman–Crippen LogP) is -0.269. The van der Waals surface area contributed by atoms with Crippen molar-refractivity contribution in [2.45, 2.75) is 19.4 Å². The summed E-state index contributed by atoms with van der Waals surface area (Å²) >= 11 is 0. The molecule has 1 amide bonds. The molecule has 0 spiro atoms. The number of nitrogens with two attached hydrogens (primary N) is 1. The highest BCUT2D eigenvalue weighted by atomic mass is 16.3. The van der Waals surface area contributed by atoms with Crippen LogP contribution in [0.5, 0.6) is 0 Å². The summed E-state index contributed by atoms with van der Waals surface area (Å²) in [6, 6.07) is -0.524. The van der Waals surface area contributed by atoms with E-state index >= 15 is 0 Å². The molecule has 0 aromatic carbocycles. The maximum atomic E-state index is 11.5. The van der Waals surface area contributed by atoms with Gasteiger partial charge in [-0.05, 0) is 13.3 Å². The smallest absolute Gasteiger partial charge is 0.239 e. The van der Waals surface area contributed by atoms with E-state index in [1.54, 1.807) is 6.08 Å². The van der Waals surface area contributed by atoms with Gasteiger partial charge < -0.3 is 15.7 Å². The Labute approximate surface area is 79.0 Å². The number of hydrogen-bond acceptors (Lipinski definition) is 3. The molecule has 76 valence electrons. The van der Waals surface area contributed by atoms with Crippen LogP contribution in [0.15, 0.2) is 12.7 Å². The van der Waals surface area contributed by atoms with Crippen molar-refractivity contribution in [2.75, 3.05) is 19.7 Å². The maximum Gasteiger partial charge on any atom is 0.239 e. The third kappa shape index (κ3) is 4.05. The van der Waals surface area contributed by atoms with E-state index in [1.165, 1.54) is 4.90 Å². The van der Waals surface area contributed by atoms with E-state index in [4.69, 9.17) is 10.8 Å². The van der Waals surface area contributed by atoms with Gasteiger partial charge >= 0.3 is 0 Å². The number of amides is 1. The van der Waals surface area contributed by atoms with Crippen LogP contribution in [0.1, 0.15) is 13.3 Å². The molecule has 3 N–H and O–H groups in total. The first-order valence-electron chi connectivity index (χ1n) is 4.43. The highest BCUT2D eigenvalue weighted by Gasteiger charge is 2.17. The minimum atomic E-state index is -0.524. The number of carbonyl (C=O) groups excluding carboxylic acids is 1. The SMILES string of the molecule is C=CCC(N)C(=O)N(CC)CCO. The largest absolute Gasteiger partial charge is 0.395 e. The molecule has 0 bridgehead atoms. The maximum absolute atomic E-state index is 11.5. The van der Waals surface area contributed by atoms with E-state index in [9.17, 15) is 4.79 Å². The predicted molar refractivity (Wildman–Crippen MR) is 52.1 cm³/mol. The Hall–Kier alpha value is -0.870. The molecule has 0 aliphatic heterocycles. The second-order valence-electron chi connectivity index (χ2n) is 2.77. The fraction of sp³-hybridized carbons (Fsp3) is 0.667. The lowest BCUT2D eigenvalue weighted by Gasteiger charge is -2.22. The van der Waals surface area contributed by atoms with Gasteiger partial charge in [0, 0.05) is 13.1 Å². The monoisotopic (exact) mass is 186 g/mol. The molecule has 0 saturated carbocycles. The van der Waals surface area contributed by atoms with Crippen LogP contribution < -0.4 is 5.73 Å². The number of hydrogen-bond donors (Lipinski definition) is 2. The molecule has 1 unspecified atom stereocenters. The number of rotatable bonds is 6. The van der Waals surface area contributed by atoms with E-state index in [0.717, 1.165) is 0 Å². The van der Waals surface area contributed by atoms with Crippen molar-refractivity contribution in [1.29, 1.82) is 0 Å². The van der Waals surface area contributed by atoms with Crippen LogP contribution in [-0.2, 0) is 4.79 Å². The third-order valence-electron chi connectivity index (χ3n) is 1.80. The molecule has 13 heavy (non-hydrogen) atoms. The standard InChI is InChI=1S/C9H18N2O2/c1-3-5-8(10)9(13)11(4-2)6-7-12/h3,8,12H,1,4-7,10H2,2H3. The molecule has 0 heterocycles. The van der Waals surface area contributed by atoms with Gasteiger partial charge in [-0.15, -0.1) is 6.58 Å². The Kier molecular flexibility index (Phi) is 6.18. The van der Waals surface area contributed by atoms with Crippen molar-refractivity contribution in [2.24, 2.45) is 5.73 Å². The summed E-state index contributed by atoms with van der Waals surface area (Å²) in [5.74, 6) is -0.128. The summed E-state index contributed by atoms with van der Waals surface area (Å²) in [6.45, 7) is 6.26. The lowest BCUT2D eigenvalue weighted by molar-refractivity contribution is -0.132. The Morgan fingerprint density at radius 3 is 2.77 bits per heavy atom. The lowest BCUT2D eigenvalue weighted by atomic mass is 10.2. The number of likely N-dealkylation sites (N-methyl/N-ethyl adjacent to an activating group) is 1. The fourth-order valence-electron chi connectivity index (χ4n) is 1.06. The average Bonchev–Trinajstić information content (AvgIpc) is 2.13. The zero-order valence-corrected chi connectivity index (χ0v) is 8.07. The van der Waals surface area contributed by atoms with E-state index in [0.29, 0.717) is 19.5 Å². The van der Waals surface area contributed by atoms with Gasteiger partial charge in [0.1, 0.15) is 0 Å². The molecule has 0 rings (SSSR count). The molecule has 4 nitrogen and oxygen atoms in total. The first-order valence-corrected chi connectivity index (χ1v) is 4.43. The van der Waals surface area contributed by atoms with E-state index in [1.807, 2.05) is 6.92 Å². The summed E-state index contributed by atoms with van der Waals surface area (Å²) in [6.07, 6.45) is 2.09. The summed E-state index contributed by atoms with van der Waals surface area (Å²) in [5, 5.41) is 8.67. The second-order valence-corrected chi connectivity index (χ2v) is 2.77. The molecule has 0 fully saturated rings.